The number of hydrogen-bond donors (Lipinski definition) is 1. The molecule has 1 saturated heterocycles. The van der Waals surface area contributed by atoms with E-state index >= 15 is 0 Å². The molecule has 0 radical (unpaired) electrons. The van der Waals surface area contributed by atoms with Gasteiger partial charge in [-0.25, -0.2) is 8.42 Å². The van der Waals surface area contributed by atoms with Crippen LogP contribution in [0.5, 0.6) is 0 Å². The molecule has 0 bridgehead atoms. The van der Waals surface area contributed by atoms with Gasteiger partial charge in [0, 0.05) is 5.25 Å². The fraction of sp³-hybridized carbons (Fsp3) is 1.00. The molecule has 0 N–H and O–H groups in total. The molecule has 60 valence electrons. The zero-order chi connectivity index (χ0) is 7.61. The van der Waals surface area contributed by atoms with Gasteiger partial charge in [-0.15, -0.1) is 0 Å². The first-order valence-corrected chi connectivity index (χ1v) is 5.82. The van der Waals surface area contributed by atoms with E-state index < -0.39 is 9.84 Å². The van der Waals surface area contributed by atoms with Gasteiger partial charge in [0.1, 0.15) is 9.84 Å². The molecule has 0 saturated carbocycles. The molecule has 1 rings (SSSR count). The molecule has 10 heavy (non-hydrogen) atoms. The minimum atomic E-state index is -2.70. The highest BCUT2D eigenvalue weighted by atomic mass is 32.2. The van der Waals surface area contributed by atoms with Crippen molar-refractivity contribution >= 4 is 22.5 Å². The number of rotatable bonds is 0. The average molecular weight is 180 g/mol. The van der Waals surface area contributed by atoms with Crippen LogP contribution in [-0.4, -0.2) is 25.2 Å². The smallest absolute Gasteiger partial charge is 0.150 e. The lowest BCUT2D eigenvalue weighted by atomic mass is 10.2. The molecule has 0 aromatic heterocycles. The van der Waals surface area contributed by atoms with Crippen LogP contribution in [0.1, 0.15) is 19.3 Å². The van der Waals surface area contributed by atoms with Crippen LogP contribution < -0.4 is 0 Å². The first-order valence-electron chi connectivity index (χ1n) is 3.49. The topological polar surface area (TPSA) is 34.1 Å². The lowest BCUT2D eigenvalue weighted by Gasteiger charge is -2.01. The van der Waals surface area contributed by atoms with Crippen LogP contribution in [0.3, 0.4) is 0 Å². The zero-order valence-corrected chi connectivity index (χ0v) is 7.50. The van der Waals surface area contributed by atoms with Crippen molar-refractivity contribution in [2.75, 3.05) is 11.5 Å². The maximum Gasteiger partial charge on any atom is 0.150 e. The van der Waals surface area contributed by atoms with Gasteiger partial charge in [0.2, 0.25) is 0 Å². The van der Waals surface area contributed by atoms with E-state index in [1.807, 2.05) is 0 Å². The van der Waals surface area contributed by atoms with Gasteiger partial charge in [-0.05, 0) is 19.3 Å². The number of hydrogen-bond acceptors (Lipinski definition) is 3. The summed E-state index contributed by atoms with van der Waals surface area (Å²) < 4.78 is 22.0. The van der Waals surface area contributed by atoms with Gasteiger partial charge in [0.15, 0.2) is 0 Å². The fourth-order valence-corrected chi connectivity index (χ4v) is 3.04. The molecule has 1 heterocycles. The lowest BCUT2D eigenvalue weighted by molar-refractivity contribution is 0.595. The molecule has 0 aliphatic carbocycles. The first kappa shape index (κ1) is 8.40. The van der Waals surface area contributed by atoms with E-state index in [0.29, 0.717) is 16.8 Å². The van der Waals surface area contributed by atoms with E-state index in [1.54, 1.807) is 0 Å². The van der Waals surface area contributed by atoms with E-state index in [9.17, 15) is 8.42 Å². The Morgan fingerprint density at radius 3 is 2.60 bits per heavy atom. The van der Waals surface area contributed by atoms with Crippen LogP contribution in [0.4, 0.5) is 0 Å². The van der Waals surface area contributed by atoms with Crippen LogP contribution in [-0.2, 0) is 9.84 Å². The molecule has 0 aromatic carbocycles. The minimum Gasteiger partial charge on any atom is -0.229 e. The molecule has 1 aliphatic heterocycles. The SMILES string of the molecule is O=S1(=O)CCCC(S)CC1. The summed E-state index contributed by atoms with van der Waals surface area (Å²) in [5.41, 5.74) is 0. The van der Waals surface area contributed by atoms with E-state index in [2.05, 4.69) is 12.6 Å². The summed E-state index contributed by atoms with van der Waals surface area (Å²) in [6, 6.07) is 0. The van der Waals surface area contributed by atoms with Crippen LogP contribution in [0.25, 0.3) is 0 Å². The highest BCUT2D eigenvalue weighted by molar-refractivity contribution is 7.91. The van der Waals surface area contributed by atoms with Gasteiger partial charge >= 0.3 is 0 Å². The third-order valence-corrected chi connectivity index (χ3v) is 4.04. The van der Waals surface area contributed by atoms with Crippen molar-refractivity contribution < 1.29 is 8.42 Å². The molecule has 1 unspecified atom stereocenters. The Balaban J connectivity index is 2.58. The van der Waals surface area contributed by atoms with Gasteiger partial charge < -0.3 is 0 Å². The van der Waals surface area contributed by atoms with Crippen molar-refractivity contribution in [2.24, 2.45) is 0 Å². The maximum atomic E-state index is 11.0. The van der Waals surface area contributed by atoms with E-state index in [0.717, 1.165) is 19.3 Å². The van der Waals surface area contributed by atoms with E-state index in [4.69, 9.17) is 0 Å². The van der Waals surface area contributed by atoms with E-state index in [-0.39, 0.29) is 0 Å². The normalized spacial score (nSPS) is 33.1. The summed E-state index contributed by atoms with van der Waals surface area (Å²) in [6.45, 7) is 0. The van der Waals surface area contributed by atoms with Crippen molar-refractivity contribution in [3.05, 3.63) is 0 Å². The van der Waals surface area contributed by atoms with Crippen molar-refractivity contribution in [3.63, 3.8) is 0 Å². The first-order chi connectivity index (χ1) is 4.60. The van der Waals surface area contributed by atoms with Gasteiger partial charge in [0.25, 0.3) is 0 Å². The second kappa shape index (κ2) is 3.13. The Hall–Kier alpha value is 0.300. The van der Waals surface area contributed by atoms with E-state index in [1.165, 1.54) is 0 Å². The summed E-state index contributed by atoms with van der Waals surface area (Å²) in [4.78, 5) is 0. The van der Waals surface area contributed by atoms with Crippen molar-refractivity contribution in [1.29, 1.82) is 0 Å². The highest BCUT2D eigenvalue weighted by Crippen LogP contribution is 2.16. The molecule has 0 amide bonds. The third-order valence-electron chi connectivity index (χ3n) is 1.75. The van der Waals surface area contributed by atoms with Gasteiger partial charge in [0.05, 0.1) is 11.5 Å². The predicted molar refractivity (Wildman–Crippen MR) is 45.3 cm³/mol. The Morgan fingerprint density at radius 2 is 1.90 bits per heavy atom. The average Bonchev–Trinajstić information content (AvgIpc) is 1.94. The molecular weight excluding hydrogens is 168 g/mol. The molecule has 1 atom stereocenters. The number of thiol groups is 1. The molecule has 1 fully saturated rings. The Morgan fingerprint density at radius 1 is 1.20 bits per heavy atom. The Labute approximate surface area is 67.3 Å². The molecule has 0 spiro atoms. The fourth-order valence-electron chi connectivity index (χ4n) is 1.10. The lowest BCUT2D eigenvalue weighted by Crippen LogP contribution is -2.08. The van der Waals surface area contributed by atoms with Gasteiger partial charge in [-0.2, -0.15) is 12.6 Å². The molecule has 1 aliphatic rings. The van der Waals surface area contributed by atoms with Crippen LogP contribution in [0.15, 0.2) is 0 Å². The van der Waals surface area contributed by atoms with Crippen LogP contribution >= 0.6 is 12.6 Å². The quantitative estimate of drug-likeness (QED) is 0.562. The predicted octanol–water partition coefficient (Wildman–Crippen LogP) is 0.883. The van der Waals surface area contributed by atoms with Crippen molar-refractivity contribution in [3.8, 4) is 0 Å². The third kappa shape index (κ3) is 2.50. The zero-order valence-electron chi connectivity index (χ0n) is 5.78. The highest BCUT2D eigenvalue weighted by Gasteiger charge is 2.17. The Kier molecular flexibility index (Phi) is 2.63. The summed E-state index contributed by atoms with van der Waals surface area (Å²) in [7, 11) is -2.70. The van der Waals surface area contributed by atoms with Crippen molar-refractivity contribution in [1.82, 2.24) is 0 Å². The summed E-state index contributed by atoms with van der Waals surface area (Å²) in [6.07, 6.45) is 2.46. The second-order valence-corrected chi connectivity index (χ2v) is 5.77. The maximum absolute atomic E-state index is 11.0. The van der Waals surface area contributed by atoms with Gasteiger partial charge in [-0.1, -0.05) is 0 Å². The molecule has 0 aromatic rings. The Bertz CT molecular complexity index is 196. The monoisotopic (exact) mass is 180 g/mol. The largest absolute Gasteiger partial charge is 0.229 e. The summed E-state index contributed by atoms with van der Waals surface area (Å²) in [5, 5.41) is 0.303. The molecule has 4 heteroatoms. The number of sulfone groups is 1. The summed E-state index contributed by atoms with van der Waals surface area (Å²) in [5.74, 6) is 0.700. The molecular formula is C6H12O2S2. The standard InChI is InChI=1S/C6H12O2S2/c7-10(8)4-1-2-6(9)3-5-10/h6,9H,1-5H2. The van der Waals surface area contributed by atoms with Crippen LogP contribution in [0.2, 0.25) is 0 Å². The van der Waals surface area contributed by atoms with Crippen LogP contribution in [0, 0.1) is 0 Å². The molecule has 2 nitrogen and oxygen atoms in total. The minimum absolute atomic E-state index is 0.303. The second-order valence-electron chi connectivity index (χ2n) is 2.74. The summed E-state index contributed by atoms with van der Waals surface area (Å²) >= 11 is 4.24. The van der Waals surface area contributed by atoms with Gasteiger partial charge in [-0.3, -0.25) is 0 Å². The van der Waals surface area contributed by atoms with Crippen molar-refractivity contribution in [2.45, 2.75) is 24.5 Å².